The Hall–Kier alpha value is -1.42. The summed E-state index contributed by atoms with van der Waals surface area (Å²) in [6.07, 6.45) is 3.79. The van der Waals surface area contributed by atoms with Gasteiger partial charge >= 0.3 is 0 Å². The number of hydrogen-bond donors (Lipinski definition) is 1. The van der Waals surface area contributed by atoms with Crippen molar-refractivity contribution in [2.45, 2.75) is 25.7 Å². The van der Waals surface area contributed by atoms with Gasteiger partial charge in [-0.15, -0.1) is 0 Å². The second-order valence-corrected chi connectivity index (χ2v) is 3.60. The van der Waals surface area contributed by atoms with E-state index in [-0.39, 0.29) is 5.92 Å². The van der Waals surface area contributed by atoms with Crippen molar-refractivity contribution in [2.24, 2.45) is 5.73 Å². The van der Waals surface area contributed by atoms with Crippen LogP contribution in [0.3, 0.4) is 0 Å². The summed E-state index contributed by atoms with van der Waals surface area (Å²) in [6.45, 7) is 2.70. The second kappa shape index (κ2) is 4.40. The van der Waals surface area contributed by atoms with E-state index in [0.717, 1.165) is 18.4 Å². The molecule has 15 heavy (non-hydrogen) atoms. The van der Waals surface area contributed by atoms with Crippen molar-refractivity contribution >= 4 is 11.2 Å². The van der Waals surface area contributed by atoms with E-state index in [1.807, 2.05) is 12.1 Å². The molecular formula is C11H15N3O. The Morgan fingerprint density at radius 3 is 3.07 bits per heavy atom. The van der Waals surface area contributed by atoms with Gasteiger partial charge in [0.25, 0.3) is 0 Å². The highest BCUT2D eigenvalue weighted by Crippen LogP contribution is 2.22. The lowest BCUT2D eigenvalue weighted by molar-refractivity contribution is 0.453. The normalized spacial score (nSPS) is 13.2. The van der Waals surface area contributed by atoms with E-state index in [1.165, 1.54) is 0 Å². The zero-order valence-electron chi connectivity index (χ0n) is 8.81. The number of rotatable bonds is 4. The molecule has 2 aromatic rings. The number of pyridine rings is 1. The summed E-state index contributed by atoms with van der Waals surface area (Å²) >= 11 is 0. The van der Waals surface area contributed by atoms with Crippen LogP contribution < -0.4 is 5.73 Å². The summed E-state index contributed by atoms with van der Waals surface area (Å²) in [5.74, 6) is 0.928. The van der Waals surface area contributed by atoms with Crippen molar-refractivity contribution in [2.75, 3.05) is 6.54 Å². The van der Waals surface area contributed by atoms with Crippen LogP contribution in [0.25, 0.3) is 11.2 Å². The number of aromatic nitrogens is 2. The van der Waals surface area contributed by atoms with Gasteiger partial charge in [0, 0.05) is 18.7 Å². The van der Waals surface area contributed by atoms with Gasteiger partial charge in [-0.05, 0) is 18.6 Å². The molecule has 0 aromatic carbocycles. The molecular weight excluding hydrogens is 190 g/mol. The molecule has 80 valence electrons. The van der Waals surface area contributed by atoms with E-state index in [1.54, 1.807) is 6.20 Å². The number of hydrogen-bond acceptors (Lipinski definition) is 4. The molecule has 0 spiro atoms. The largest absolute Gasteiger partial charge is 0.439 e. The van der Waals surface area contributed by atoms with Gasteiger partial charge in [-0.3, -0.25) is 0 Å². The number of fused-ring (bicyclic) bond motifs is 1. The van der Waals surface area contributed by atoms with Crippen LogP contribution in [-0.4, -0.2) is 16.5 Å². The third-order valence-corrected chi connectivity index (χ3v) is 2.45. The van der Waals surface area contributed by atoms with Crippen LogP contribution in [0.5, 0.6) is 0 Å². The molecule has 0 aliphatic carbocycles. The van der Waals surface area contributed by atoms with Crippen molar-refractivity contribution in [3.05, 3.63) is 24.2 Å². The highest BCUT2D eigenvalue weighted by Gasteiger charge is 2.15. The monoisotopic (exact) mass is 205 g/mol. The first-order chi connectivity index (χ1) is 7.35. The average molecular weight is 205 g/mol. The van der Waals surface area contributed by atoms with E-state index in [0.29, 0.717) is 18.1 Å². The third kappa shape index (κ3) is 1.99. The Labute approximate surface area is 88.5 Å². The predicted molar refractivity (Wildman–Crippen MR) is 58.5 cm³/mol. The Bertz CT molecular complexity index is 405. The molecule has 0 saturated carbocycles. The molecule has 2 aromatic heterocycles. The predicted octanol–water partition coefficient (Wildman–Crippen LogP) is 2.07. The van der Waals surface area contributed by atoms with Gasteiger partial charge in [0.15, 0.2) is 11.2 Å². The summed E-state index contributed by atoms with van der Waals surface area (Å²) in [6, 6.07) is 3.72. The summed E-state index contributed by atoms with van der Waals surface area (Å²) in [5.41, 5.74) is 7.10. The molecule has 4 nitrogen and oxygen atoms in total. The van der Waals surface area contributed by atoms with Gasteiger partial charge in [0.05, 0.1) is 0 Å². The standard InChI is InChI=1S/C11H15N3O/c1-2-4-8(7-12)11-14-10-9(15-11)5-3-6-13-10/h3,5-6,8H,2,4,7,12H2,1H3. The Kier molecular flexibility index (Phi) is 2.97. The fourth-order valence-corrected chi connectivity index (χ4v) is 1.65. The summed E-state index contributed by atoms with van der Waals surface area (Å²) in [4.78, 5) is 8.48. The van der Waals surface area contributed by atoms with E-state index < -0.39 is 0 Å². The van der Waals surface area contributed by atoms with Gasteiger partial charge in [-0.1, -0.05) is 13.3 Å². The zero-order chi connectivity index (χ0) is 10.7. The minimum atomic E-state index is 0.212. The van der Waals surface area contributed by atoms with Crippen LogP contribution in [0.15, 0.2) is 22.7 Å². The van der Waals surface area contributed by atoms with Crippen LogP contribution in [0.2, 0.25) is 0 Å². The third-order valence-electron chi connectivity index (χ3n) is 2.45. The number of nitrogens with zero attached hydrogens (tertiary/aromatic N) is 2. The first-order valence-electron chi connectivity index (χ1n) is 5.26. The van der Waals surface area contributed by atoms with Gasteiger partial charge < -0.3 is 10.2 Å². The van der Waals surface area contributed by atoms with E-state index in [2.05, 4.69) is 16.9 Å². The van der Waals surface area contributed by atoms with E-state index in [9.17, 15) is 0 Å². The molecule has 0 bridgehead atoms. The fraction of sp³-hybridized carbons (Fsp3) is 0.455. The molecule has 0 aliphatic rings. The maximum absolute atomic E-state index is 5.69. The van der Waals surface area contributed by atoms with Gasteiger partial charge in [0.1, 0.15) is 0 Å². The molecule has 0 fully saturated rings. The highest BCUT2D eigenvalue weighted by atomic mass is 16.3. The summed E-state index contributed by atoms with van der Waals surface area (Å²) in [5, 5.41) is 0. The maximum Gasteiger partial charge on any atom is 0.201 e. The van der Waals surface area contributed by atoms with Crippen molar-refractivity contribution in [3.63, 3.8) is 0 Å². The van der Waals surface area contributed by atoms with Crippen LogP contribution >= 0.6 is 0 Å². The number of oxazole rings is 1. The zero-order valence-corrected chi connectivity index (χ0v) is 8.81. The summed E-state index contributed by atoms with van der Waals surface area (Å²) < 4.78 is 5.62. The quantitative estimate of drug-likeness (QED) is 0.829. The molecule has 0 saturated heterocycles. The second-order valence-electron chi connectivity index (χ2n) is 3.60. The van der Waals surface area contributed by atoms with Crippen molar-refractivity contribution in [1.82, 2.24) is 9.97 Å². The lowest BCUT2D eigenvalue weighted by Crippen LogP contribution is -2.12. The average Bonchev–Trinajstić information content (AvgIpc) is 2.69. The Balaban J connectivity index is 2.34. The van der Waals surface area contributed by atoms with Crippen LogP contribution in [0, 0.1) is 0 Å². The summed E-state index contributed by atoms with van der Waals surface area (Å²) in [7, 11) is 0. The minimum Gasteiger partial charge on any atom is -0.439 e. The van der Waals surface area contributed by atoms with E-state index >= 15 is 0 Å². The topological polar surface area (TPSA) is 64.9 Å². The van der Waals surface area contributed by atoms with Crippen molar-refractivity contribution in [1.29, 1.82) is 0 Å². The lowest BCUT2D eigenvalue weighted by Gasteiger charge is -2.07. The fourth-order valence-electron chi connectivity index (χ4n) is 1.65. The molecule has 4 heteroatoms. The SMILES string of the molecule is CCCC(CN)c1nc2ncccc2o1. The maximum atomic E-state index is 5.69. The smallest absolute Gasteiger partial charge is 0.201 e. The van der Waals surface area contributed by atoms with Gasteiger partial charge in [-0.25, -0.2) is 4.98 Å². The van der Waals surface area contributed by atoms with Crippen LogP contribution in [0.4, 0.5) is 0 Å². The van der Waals surface area contributed by atoms with E-state index in [4.69, 9.17) is 10.2 Å². The number of nitrogens with two attached hydrogens (primary N) is 1. The molecule has 1 unspecified atom stereocenters. The van der Waals surface area contributed by atoms with Crippen LogP contribution in [0.1, 0.15) is 31.6 Å². The van der Waals surface area contributed by atoms with Crippen molar-refractivity contribution in [3.8, 4) is 0 Å². The molecule has 1 atom stereocenters. The Morgan fingerprint density at radius 1 is 1.53 bits per heavy atom. The van der Waals surface area contributed by atoms with Gasteiger partial charge in [-0.2, -0.15) is 4.98 Å². The molecule has 0 amide bonds. The van der Waals surface area contributed by atoms with Crippen molar-refractivity contribution < 1.29 is 4.42 Å². The first-order valence-corrected chi connectivity index (χ1v) is 5.26. The molecule has 2 N–H and O–H groups in total. The molecule has 0 aliphatic heterocycles. The molecule has 2 rings (SSSR count). The van der Waals surface area contributed by atoms with Crippen LogP contribution in [-0.2, 0) is 0 Å². The Morgan fingerprint density at radius 2 is 2.40 bits per heavy atom. The molecule has 2 heterocycles. The lowest BCUT2D eigenvalue weighted by atomic mass is 10.0. The van der Waals surface area contributed by atoms with Gasteiger partial charge in [0.2, 0.25) is 5.89 Å². The highest BCUT2D eigenvalue weighted by molar-refractivity contribution is 5.66. The molecule has 0 radical (unpaired) electrons. The minimum absolute atomic E-state index is 0.212. The first kappa shape index (κ1) is 10.1.